The Bertz CT molecular complexity index is 410. The third-order valence-electron chi connectivity index (χ3n) is 2.53. The van der Waals surface area contributed by atoms with Crippen molar-refractivity contribution >= 4 is 5.91 Å². The maximum absolute atomic E-state index is 13.3. The van der Waals surface area contributed by atoms with Crippen LogP contribution in [0, 0.1) is 11.6 Å². The molecule has 1 amide bonds. The first-order valence-electron chi connectivity index (χ1n) is 5.97. The summed E-state index contributed by atoms with van der Waals surface area (Å²) < 4.78 is 26.2. The fourth-order valence-electron chi connectivity index (χ4n) is 1.64. The van der Waals surface area contributed by atoms with Crippen LogP contribution in [0.25, 0.3) is 0 Å². The molecule has 2 N–H and O–H groups in total. The predicted octanol–water partition coefficient (Wildman–Crippen LogP) is 1.97. The second-order valence-electron chi connectivity index (χ2n) is 4.18. The molecule has 0 heterocycles. The molecule has 0 aromatic heterocycles. The van der Waals surface area contributed by atoms with Crippen LogP contribution in [-0.4, -0.2) is 18.5 Å². The highest BCUT2D eigenvalue weighted by atomic mass is 19.1. The molecule has 100 valence electrons. The Labute approximate surface area is 106 Å². The molecule has 0 aliphatic rings. The van der Waals surface area contributed by atoms with Crippen molar-refractivity contribution in [3.8, 4) is 0 Å². The fraction of sp³-hybridized carbons (Fsp3) is 0.462. The van der Waals surface area contributed by atoms with Gasteiger partial charge in [-0.2, -0.15) is 0 Å². The minimum atomic E-state index is -0.517. The average molecular weight is 256 g/mol. The first-order chi connectivity index (χ1) is 8.52. The van der Waals surface area contributed by atoms with Crippen LogP contribution in [-0.2, 0) is 11.3 Å². The van der Waals surface area contributed by atoms with E-state index in [9.17, 15) is 13.6 Å². The number of amides is 1. The van der Waals surface area contributed by atoms with Gasteiger partial charge in [0.25, 0.3) is 0 Å². The SMILES string of the molecule is CCNC(C)CC(=O)NCc1cc(F)ccc1F. The van der Waals surface area contributed by atoms with Gasteiger partial charge in [-0.1, -0.05) is 6.92 Å². The van der Waals surface area contributed by atoms with Crippen molar-refractivity contribution in [2.75, 3.05) is 6.54 Å². The molecular weight excluding hydrogens is 238 g/mol. The summed E-state index contributed by atoms with van der Waals surface area (Å²) in [5.41, 5.74) is 0.152. The van der Waals surface area contributed by atoms with Gasteiger partial charge in [0.15, 0.2) is 0 Å². The molecule has 0 aliphatic carbocycles. The van der Waals surface area contributed by atoms with Crippen molar-refractivity contribution in [3.63, 3.8) is 0 Å². The smallest absolute Gasteiger partial charge is 0.221 e. The van der Waals surface area contributed by atoms with Crippen molar-refractivity contribution in [2.45, 2.75) is 32.9 Å². The van der Waals surface area contributed by atoms with Crippen LogP contribution in [0.2, 0.25) is 0 Å². The molecule has 1 unspecified atom stereocenters. The van der Waals surface area contributed by atoms with E-state index >= 15 is 0 Å². The van der Waals surface area contributed by atoms with Gasteiger partial charge in [0.2, 0.25) is 5.91 Å². The summed E-state index contributed by atoms with van der Waals surface area (Å²) in [5, 5.41) is 5.67. The molecule has 0 bridgehead atoms. The third-order valence-corrected chi connectivity index (χ3v) is 2.53. The molecule has 0 saturated heterocycles. The Morgan fingerprint density at radius 1 is 1.39 bits per heavy atom. The summed E-state index contributed by atoms with van der Waals surface area (Å²) >= 11 is 0. The van der Waals surface area contributed by atoms with Crippen molar-refractivity contribution < 1.29 is 13.6 Å². The van der Waals surface area contributed by atoms with E-state index in [-0.39, 0.29) is 24.1 Å². The first kappa shape index (κ1) is 14.6. The largest absolute Gasteiger partial charge is 0.352 e. The maximum Gasteiger partial charge on any atom is 0.221 e. The molecule has 0 saturated carbocycles. The standard InChI is InChI=1S/C13H18F2N2O/c1-3-16-9(2)6-13(18)17-8-10-7-11(14)4-5-12(10)15/h4-5,7,9,16H,3,6,8H2,1-2H3,(H,17,18). The van der Waals surface area contributed by atoms with E-state index in [1.807, 2.05) is 13.8 Å². The van der Waals surface area contributed by atoms with Gasteiger partial charge in [-0.05, 0) is 31.7 Å². The van der Waals surface area contributed by atoms with E-state index in [4.69, 9.17) is 0 Å². The normalized spacial score (nSPS) is 12.2. The highest BCUT2D eigenvalue weighted by Crippen LogP contribution is 2.09. The van der Waals surface area contributed by atoms with Crippen molar-refractivity contribution in [1.29, 1.82) is 0 Å². The molecule has 5 heteroatoms. The van der Waals surface area contributed by atoms with Crippen LogP contribution >= 0.6 is 0 Å². The van der Waals surface area contributed by atoms with Crippen molar-refractivity contribution in [1.82, 2.24) is 10.6 Å². The zero-order valence-electron chi connectivity index (χ0n) is 10.6. The maximum atomic E-state index is 13.3. The molecule has 18 heavy (non-hydrogen) atoms. The second-order valence-corrected chi connectivity index (χ2v) is 4.18. The Morgan fingerprint density at radius 2 is 2.11 bits per heavy atom. The molecule has 0 spiro atoms. The quantitative estimate of drug-likeness (QED) is 0.817. The zero-order valence-corrected chi connectivity index (χ0v) is 10.6. The number of hydrogen-bond donors (Lipinski definition) is 2. The zero-order chi connectivity index (χ0) is 13.5. The summed E-state index contributed by atoms with van der Waals surface area (Å²) in [6.45, 7) is 4.64. The van der Waals surface area contributed by atoms with Gasteiger partial charge in [-0.15, -0.1) is 0 Å². The van der Waals surface area contributed by atoms with Gasteiger partial charge >= 0.3 is 0 Å². The molecule has 0 fully saturated rings. The van der Waals surface area contributed by atoms with Gasteiger partial charge in [-0.25, -0.2) is 8.78 Å². The lowest BCUT2D eigenvalue weighted by Crippen LogP contribution is -2.33. The Morgan fingerprint density at radius 3 is 2.78 bits per heavy atom. The van der Waals surface area contributed by atoms with Gasteiger partial charge in [0.05, 0.1) is 0 Å². The third kappa shape index (κ3) is 4.79. The lowest BCUT2D eigenvalue weighted by molar-refractivity contribution is -0.121. The fourth-order valence-corrected chi connectivity index (χ4v) is 1.64. The van der Waals surface area contributed by atoms with E-state index in [0.29, 0.717) is 6.42 Å². The number of rotatable bonds is 6. The average Bonchev–Trinajstić information content (AvgIpc) is 2.30. The number of nitrogens with one attached hydrogen (secondary N) is 2. The number of carbonyl (C=O) groups is 1. The Kier molecular flexibility index (Phi) is 5.71. The highest BCUT2D eigenvalue weighted by molar-refractivity contribution is 5.76. The molecule has 3 nitrogen and oxygen atoms in total. The number of halogens is 2. The van der Waals surface area contributed by atoms with Gasteiger partial charge < -0.3 is 10.6 Å². The number of carbonyl (C=O) groups excluding carboxylic acids is 1. The lowest BCUT2D eigenvalue weighted by atomic mass is 10.2. The van der Waals surface area contributed by atoms with E-state index in [2.05, 4.69) is 10.6 Å². The molecule has 1 aromatic carbocycles. The Hall–Kier alpha value is -1.49. The van der Waals surface area contributed by atoms with Crippen molar-refractivity contribution in [3.05, 3.63) is 35.4 Å². The highest BCUT2D eigenvalue weighted by Gasteiger charge is 2.09. The van der Waals surface area contributed by atoms with E-state index in [1.54, 1.807) is 0 Å². The van der Waals surface area contributed by atoms with Gasteiger partial charge in [0.1, 0.15) is 11.6 Å². The minimum absolute atomic E-state index is 0.00126. The van der Waals surface area contributed by atoms with Crippen LogP contribution < -0.4 is 10.6 Å². The summed E-state index contributed by atoms with van der Waals surface area (Å²) in [4.78, 5) is 11.5. The topological polar surface area (TPSA) is 41.1 Å². The molecule has 0 aliphatic heterocycles. The summed E-state index contributed by atoms with van der Waals surface area (Å²) in [5.74, 6) is -1.22. The van der Waals surface area contributed by atoms with Crippen LogP contribution in [0.15, 0.2) is 18.2 Å². The predicted molar refractivity (Wildman–Crippen MR) is 66.0 cm³/mol. The molecular formula is C13H18F2N2O. The van der Waals surface area contributed by atoms with Gasteiger partial charge in [-0.3, -0.25) is 4.79 Å². The van der Waals surface area contributed by atoms with E-state index in [1.165, 1.54) is 0 Å². The monoisotopic (exact) mass is 256 g/mol. The second kappa shape index (κ2) is 7.06. The van der Waals surface area contributed by atoms with Crippen molar-refractivity contribution in [2.24, 2.45) is 0 Å². The molecule has 0 radical (unpaired) electrons. The number of hydrogen-bond acceptors (Lipinski definition) is 2. The summed E-state index contributed by atoms with van der Waals surface area (Å²) in [7, 11) is 0. The van der Waals surface area contributed by atoms with E-state index < -0.39 is 11.6 Å². The van der Waals surface area contributed by atoms with Crippen LogP contribution in [0.3, 0.4) is 0 Å². The van der Waals surface area contributed by atoms with Crippen LogP contribution in [0.5, 0.6) is 0 Å². The summed E-state index contributed by atoms with van der Waals surface area (Å²) in [6, 6.07) is 3.25. The Balaban J connectivity index is 2.45. The molecule has 1 aromatic rings. The minimum Gasteiger partial charge on any atom is -0.352 e. The lowest BCUT2D eigenvalue weighted by Gasteiger charge is -2.12. The summed E-state index contributed by atoms with van der Waals surface area (Å²) in [6.07, 6.45) is 0.310. The van der Waals surface area contributed by atoms with E-state index in [0.717, 1.165) is 24.7 Å². The number of benzene rings is 1. The molecule has 1 atom stereocenters. The first-order valence-corrected chi connectivity index (χ1v) is 5.97. The van der Waals surface area contributed by atoms with Crippen LogP contribution in [0.4, 0.5) is 8.78 Å². The van der Waals surface area contributed by atoms with Crippen LogP contribution in [0.1, 0.15) is 25.8 Å². The molecule has 1 rings (SSSR count). The van der Waals surface area contributed by atoms with Gasteiger partial charge in [0, 0.05) is 24.6 Å².